The van der Waals surface area contributed by atoms with Gasteiger partial charge in [0.1, 0.15) is 42.9 Å². The second-order valence-corrected chi connectivity index (χ2v) is 32.3. The van der Waals surface area contributed by atoms with Gasteiger partial charge in [-0.3, -0.25) is 19.2 Å². The summed E-state index contributed by atoms with van der Waals surface area (Å²) in [5, 5.41) is 36.9. The van der Waals surface area contributed by atoms with Crippen LogP contribution in [0.25, 0.3) is 0 Å². The number of halogens is 4. The summed E-state index contributed by atoms with van der Waals surface area (Å²) < 4.78 is 115. The van der Waals surface area contributed by atoms with E-state index >= 15 is 0 Å². The highest BCUT2D eigenvalue weighted by molar-refractivity contribution is 9.10. The van der Waals surface area contributed by atoms with E-state index < -0.39 is 45.7 Å². The number of amides is 4. The Morgan fingerprint density at radius 3 is 1.14 bits per heavy atom. The van der Waals surface area contributed by atoms with Crippen molar-refractivity contribution in [2.45, 2.75) is 136 Å². The number of carbonyl (C=O) groups excluding carboxylic acids is 4. The molecule has 5 aliphatic rings. The molecule has 0 radical (unpaired) electrons. The largest absolute Gasteiger partial charge is 0.396 e. The molecule has 0 atom stereocenters. The van der Waals surface area contributed by atoms with Crippen molar-refractivity contribution >= 4 is 165 Å². The van der Waals surface area contributed by atoms with Gasteiger partial charge in [0, 0.05) is 111 Å². The number of aryl methyl sites for hydroxylation is 1. The maximum absolute atomic E-state index is 12.8. The Bertz CT molecular complexity index is 4420. The molecule has 4 amide bonds. The van der Waals surface area contributed by atoms with Crippen LogP contribution in [0.3, 0.4) is 0 Å². The van der Waals surface area contributed by atoms with Crippen LogP contribution in [0, 0.1) is 0 Å². The molecule has 0 bridgehead atoms. The van der Waals surface area contributed by atoms with Crippen LogP contribution >= 0.6 is 55.1 Å². The van der Waals surface area contributed by atoms with Crippen molar-refractivity contribution in [2.24, 2.45) is 40.5 Å². The molecule has 0 aromatic heterocycles. The van der Waals surface area contributed by atoms with Gasteiger partial charge in [0.15, 0.2) is 0 Å². The fourth-order valence-electron chi connectivity index (χ4n) is 11.5. The summed E-state index contributed by atoms with van der Waals surface area (Å²) in [6, 6.07) is 21.8. The van der Waals surface area contributed by atoms with Crippen LogP contribution in [-0.2, 0) is 91.4 Å². The topological polar surface area (TPSA) is 452 Å². The van der Waals surface area contributed by atoms with Crippen LogP contribution in [0.4, 0.5) is 22.7 Å². The van der Waals surface area contributed by atoms with E-state index in [1.807, 2.05) is 30.3 Å². The summed E-state index contributed by atoms with van der Waals surface area (Å²) in [5.41, 5.74) is 28.0. The molecule has 99 heavy (non-hydrogen) atoms. The third-order valence-corrected chi connectivity index (χ3v) is 24.4. The minimum absolute atomic E-state index is 0.0264. The Morgan fingerprint density at radius 1 is 0.475 bits per heavy atom. The minimum atomic E-state index is -4.16. The predicted octanol–water partition coefficient (Wildman–Crippen LogP) is 5.85. The second kappa shape index (κ2) is 33.7. The first kappa shape index (κ1) is 79.4. The lowest BCUT2D eigenvalue weighted by Gasteiger charge is -2.21. The Morgan fingerprint density at radius 2 is 0.788 bits per heavy atom. The van der Waals surface area contributed by atoms with Crippen LogP contribution in [0.5, 0.6) is 0 Å². The van der Waals surface area contributed by atoms with E-state index in [2.05, 4.69) is 49.5 Å². The van der Waals surface area contributed by atoms with Gasteiger partial charge < -0.3 is 63.0 Å². The molecule has 536 valence electrons. The van der Waals surface area contributed by atoms with E-state index in [0.717, 1.165) is 40.7 Å². The highest BCUT2D eigenvalue weighted by Gasteiger charge is 2.35. The maximum atomic E-state index is 12.8. The van der Waals surface area contributed by atoms with Gasteiger partial charge in [0.05, 0.1) is 35.5 Å². The second-order valence-electron chi connectivity index (χ2n) is 23.4. The molecular weight excluding hydrogens is 1540 g/mol. The monoisotopic (exact) mass is 1610 g/mol. The number of nitrogens with two attached hydrogens (primary N) is 4. The van der Waals surface area contributed by atoms with E-state index in [1.165, 1.54) is 60.9 Å². The molecule has 28 nitrogen and oxygen atoms in total. The summed E-state index contributed by atoms with van der Waals surface area (Å²) in [5.74, 6) is -1.23. The fraction of sp³-hybridized carbons (Fsp3) is 0.397. The highest BCUT2D eigenvalue weighted by atomic mass is 79.9. The van der Waals surface area contributed by atoms with Crippen molar-refractivity contribution < 1.29 is 73.3 Å². The Hall–Kier alpha value is -6.96. The number of sulfonamides is 4. The molecule has 0 spiro atoms. The molecule has 5 aromatic rings. The molecule has 12 N–H and O–H groups in total. The van der Waals surface area contributed by atoms with E-state index in [0.29, 0.717) is 109 Å². The summed E-state index contributed by atoms with van der Waals surface area (Å²) in [6.07, 6.45) is 6.36. The van der Waals surface area contributed by atoms with Gasteiger partial charge in [-0.05, 0) is 153 Å². The van der Waals surface area contributed by atoms with E-state index in [-0.39, 0.29) is 122 Å². The number of fused-ring (bicyclic) bond motifs is 4. The van der Waals surface area contributed by atoms with Crippen molar-refractivity contribution in [3.05, 3.63) is 126 Å². The Labute approximate surface area is 601 Å². The number of aliphatic hydroxyl groups excluding tert-OH is 3. The molecule has 4 heterocycles. The van der Waals surface area contributed by atoms with Gasteiger partial charge in [0.25, 0.3) is 40.1 Å². The van der Waals surface area contributed by atoms with Gasteiger partial charge in [-0.2, -0.15) is 33.7 Å². The number of rotatable bonds is 19. The normalized spacial score (nSPS) is 16.0. The number of nitrogens with zero attached hydrogens (tertiary/aromatic N) is 8. The highest BCUT2D eigenvalue weighted by Crippen LogP contribution is 2.41. The molecule has 10 rings (SSSR count). The molecule has 1 fully saturated rings. The lowest BCUT2D eigenvalue weighted by atomic mass is 9.98. The van der Waals surface area contributed by atoms with Crippen LogP contribution < -0.4 is 42.5 Å². The van der Waals surface area contributed by atoms with Gasteiger partial charge in [-0.15, -0.1) is 17.6 Å². The van der Waals surface area contributed by atoms with E-state index in [1.54, 1.807) is 28.0 Å². The number of hydrogen-bond donors (Lipinski definition) is 8. The number of hydrogen-bond acceptors (Lipinski definition) is 16. The molecule has 1 saturated carbocycles. The number of benzene rings is 5. The first-order chi connectivity index (χ1) is 46.4. The maximum Gasteiger partial charge on any atom is 0.285 e. The van der Waals surface area contributed by atoms with Gasteiger partial charge in [0.2, 0.25) is 23.6 Å². The number of amidine groups is 4. The third kappa shape index (κ3) is 20.2. The zero-order chi connectivity index (χ0) is 73.1. The zero-order valence-corrected chi connectivity index (χ0v) is 62.0. The first-order valence-electron chi connectivity index (χ1n) is 30.9. The predicted molar refractivity (Wildman–Crippen MR) is 386 cm³/mol. The average Bonchev–Trinajstić information content (AvgIpc) is 1.73. The van der Waals surface area contributed by atoms with Gasteiger partial charge in [-0.1, -0.05) is 66.4 Å². The van der Waals surface area contributed by atoms with Crippen LogP contribution in [0.1, 0.15) is 106 Å². The summed E-state index contributed by atoms with van der Waals surface area (Å²) in [6.45, 7) is 5.40. The van der Waals surface area contributed by atoms with Crippen LogP contribution in [0.2, 0.25) is 10.0 Å². The third-order valence-electron chi connectivity index (χ3n) is 16.2. The average molecular weight is 1620 g/mol. The Kier molecular flexibility index (Phi) is 27.0. The van der Waals surface area contributed by atoms with E-state index in [9.17, 15) is 58.0 Å². The lowest BCUT2D eigenvalue weighted by Crippen LogP contribution is -2.32. The van der Waals surface area contributed by atoms with Gasteiger partial charge >= 0.3 is 0 Å². The SMILES string of the molecule is CC(=O)N1CCc2cc(Br)c(S(=O)(=O)N=C(N)CC3(O)CCCC3)cc21.CC(=O)N1CCc2cc(Br)c(S(=O)(=O)N=C(N)CCO)cc21.CC(=O)N1CCc2cc(Cl)c(S(=O)(=O)N=C(N)CCO)cc21.NC(CCO)=NS(=O)(=O)c1cc2c(cc1Cl)CCN2C(=O)CCc1ccccc1. The standard InChI is InChI=1S/C20H22ClN3O4S.C17H22BrN3O4S.C13H16BrN3O4S.C13H16ClN3O4S/c21-16-12-15-8-10-24(20(26)7-6-14-4-2-1-3-5-14)17(15)13-18(16)29(27,28)23-19(22)9-11-25;1-11(22)21-7-4-12-8-13(18)15(9-14(12)21)26(24,25)20-16(19)10-17(23)5-2-3-6-17;2*1-8(19)17-4-2-9-6-10(14)12(7-11(9)17)22(20,21)16-13(15)3-5-18/h1-5,12-13,25H,6-11H2,(H2,22,23);8-9,23H,2-7,10H2,1H3,(H2,19,20);2*6-7,18H,2-5H2,1H3,(H2,15,16). The van der Waals surface area contributed by atoms with Crippen molar-refractivity contribution in [2.75, 3.05) is 65.6 Å². The molecule has 4 aliphatic heterocycles. The molecule has 0 unspecified atom stereocenters. The molecule has 36 heteroatoms. The first-order valence-corrected chi connectivity index (χ1v) is 39.0. The molecular formula is C63H76Br2Cl2N12O16S4. The summed E-state index contributed by atoms with van der Waals surface area (Å²) in [7, 11) is -16.3. The van der Waals surface area contributed by atoms with Gasteiger partial charge in [-0.25, -0.2) is 0 Å². The van der Waals surface area contributed by atoms with Crippen LogP contribution in [-0.4, -0.2) is 153 Å². The molecule has 5 aromatic carbocycles. The van der Waals surface area contributed by atoms with Crippen molar-refractivity contribution in [3.8, 4) is 0 Å². The smallest absolute Gasteiger partial charge is 0.285 e. The minimum Gasteiger partial charge on any atom is -0.396 e. The summed E-state index contributed by atoms with van der Waals surface area (Å²) >= 11 is 18.7. The summed E-state index contributed by atoms with van der Waals surface area (Å²) in [4.78, 5) is 53.4. The quantitative estimate of drug-likeness (QED) is 0.0355. The van der Waals surface area contributed by atoms with Crippen molar-refractivity contribution in [3.63, 3.8) is 0 Å². The molecule has 1 aliphatic carbocycles. The number of anilines is 4. The van der Waals surface area contributed by atoms with Crippen molar-refractivity contribution in [1.82, 2.24) is 0 Å². The van der Waals surface area contributed by atoms with Crippen LogP contribution in [0.15, 0.2) is 125 Å². The Balaban J connectivity index is 0.000000187. The fourth-order valence-corrected chi connectivity index (χ4v) is 18.7. The van der Waals surface area contributed by atoms with E-state index in [4.69, 9.17) is 61.5 Å². The number of carbonyl (C=O) groups is 4. The zero-order valence-electron chi connectivity index (χ0n) is 54.1. The number of aliphatic hydroxyl groups is 4. The van der Waals surface area contributed by atoms with Crippen molar-refractivity contribution in [1.29, 1.82) is 0 Å². The molecule has 0 saturated heterocycles. The lowest BCUT2D eigenvalue weighted by molar-refractivity contribution is -0.119.